The molecule has 1 saturated heterocycles. The first-order valence-electron chi connectivity index (χ1n) is 10.5. The van der Waals surface area contributed by atoms with Crippen molar-refractivity contribution in [3.8, 4) is 0 Å². The molecule has 0 spiro atoms. The predicted molar refractivity (Wildman–Crippen MR) is 120 cm³/mol. The fourth-order valence-corrected chi connectivity index (χ4v) is 4.61. The molecular weight excluding hydrogens is 396 g/mol. The van der Waals surface area contributed by atoms with E-state index in [1.165, 1.54) is 16.7 Å². The zero-order chi connectivity index (χ0) is 19.6. The van der Waals surface area contributed by atoms with Gasteiger partial charge in [-0.1, -0.05) is 54.6 Å². The Morgan fingerprint density at radius 2 is 1.83 bits per heavy atom. The lowest BCUT2D eigenvalue weighted by Crippen LogP contribution is -2.39. The number of halogens is 1. The van der Waals surface area contributed by atoms with Crippen molar-refractivity contribution in [2.45, 2.75) is 31.3 Å². The average Bonchev–Trinajstić information content (AvgIpc) is 3.29. The van der Waals surface area contributed by atoms with Crippen LogP contribution in [0.15, 0.2) is 66.9 Å². The zero-order valence-electron chi connectivity index (χ0n) is 16.9. The molecule has 5 rings (SSSR count). The van der Waals surface area contributed by atoms with Crippen LogP contribution in [-0.2, 0) is 6.54 Å². The summed E-state index contributed by atoms with van der Waals surface area (Å²) in [6, 6.07) is 21.2. The maximum absolute atomic E-state index is 13.3. The molecule has 2 unspecified atom stereocenters. The minimum absolute atomic E-state index is 0. The molecule has 5 nitrogen and oxygen atoms in total. The summed E-state index contributed by atoms with van der Waals surface area (Å²) in [6.45, 7) is 3.30. The van der Waals surface area contributed by atoms with Crippen LogP contribution >= 0.6 is 12.4 Å². The fraction of sp³-hybridized carbons (Fsp3) is 0.333. The Kier molecular flexibility index (Phi) is 6.21. The number of piperidine rings is 1. The standard InChI is InChI=1S/C24H26N4O.ClH/c29-24(23-12-14-28(26-23)20-10-6-13-25-15-20)27-16-19-9-4-5-11-21(19)22(17-27)18-7-2-1-3-8-18;/h1-5,7-9,11-12,14,20,22,25H,6,10,13,15-17H2;1H. The van der Waals surface area contributed by atoms with E-state index >= 15 is 0 Å². The Balaban J connectivity index is 0.00000218. The Bertz CT molecular complexity index is 997. The van der Waals surface area contributed by atoms with Crippen LogP contribution in [0.5, 0.6) is 0 Å². The summed E-state index contributed by atoms with van der Waals surface area (Å²) in [4.78, 5) is 15.3. The van der Waals surface area contributed by atoms with Gasteiger partial charge in [-0.15, -0.1) is 12.4 Å². The third-order valence-electron chi connectivity index (χ3n) is 6.16. The molecule has 2 aliphatic heterocycles. The van der Waals surface area contributed by atoms with Crippen LogP contribution < -0.4 is 5.32 Å². The highest BCUT2D eigenvalue weighted by atomic mass is 35.5. The Morgan fingerprint density at radius 1 is 1.03 bits per heavy atom. The fourth-order valence-electron chi connectivity index (χ4n) is 4.61. The van der Waals surface area contributed by atoms with Crippen molar-refractivity contribution >= 4 is 18.3 Å². The number of hydrogen-bond donors (Lipinski definition) is 1. The number of aromatic nitrogens is 2. The number of carbonyl (C=O) groups is 1. The number of nitrogens with zero attached hydrogens (tertiary/aromatic N) is 3. The van der Waals surface area contributed by atoms with Crippen molar-refractivity contribution in [1.29, 1.82) is 0 Å². The second-order valence-electron chi connectivity index (χ2n) is 8.03. The zero-order valence-corrected chi connectivity index (χ0v) is 17.7. The van der Waals surface area contributed by atoms with Gasteiger partial charge in [-0.25, -0.2) is 0 Å². The van der Waals surface area contributed by atoms with E-state index < -0.39 is 0 Å². The lowest BCUT2D eigenvalue weighted by molar-refractivity contribution is 0.0717. The molecule has 3 aromatic rings. The molecule has 1 fully saturated rings. The summed E-state index contributed by atoms with van der Waals surface area (Å²) < 4.78 is 1.96. The average molecular weight is 423 g/mol. The number of fused-ring (bicyclic) bond motifs is 1. The van der Waals surface area contributed by atoms with Crippen LogP contribution in [0.3, 0.4) is 0 Å². The van der Waals surface area contributed by atoms with Gasteiger partial charge in [0.15, 0.2) is 0 Å². The number of benzene rings is 2. The molecule has 30 heavy (non-hydrogen) atoms. The van der Waals surface area contributed by atoms with E-state index in [0.717, 1.165) is 25.9 Å². The maximum atomic E-state index is 13.3. The van der Waals surface area contributed by atoms with Gasteiger partial charge in [0.2, 0.25) is 0 Å². The number of carbonyl (C=O) groups excluding carboxylic acids is 1. The molecule has 1 N–H and O–H groups in total. The van der Waals surface area contributed by atoms with Crippen molar-refractivity contribution in [3.05, 3.63) is 89.2 Å². The van der Waals surface area contributed by atoms with E-state index in [9.17, 15) is 4.79 Å². The molecule has 0 bridgehead atoms. The first kappa shape index (κ1) is 20.6. The van der Waals surface area contributed by atoms with Crippen molar-refractivity contribution in [2.75, 3.05) is 19.6 Å². The Hall–Kier alpha value is -2.63. The molecule has 1 amide bonds. The van der Waals surface area contributed by atoms with Gasteiger partial charge in [-0.2, -0.15) is 5.10 Å². The van der Waals surface area contributed by atoms with Crippen LogP contribution in [0.25, 0.3) is 0 Å². The summed E-state index contributed by atoms with van der Waals surface area (Å²) in [7, 11) is 0. The van der Waals surface area contributed by atoms with Crippen molar-refractivity contribution in [1.82, 2.24) is 20.0 Å². The highest BCUT2D eigenvalue weighted by Gasteiger charge is 2.30. The molecule has 0 aliphatic carbocycles. The quantitative estimate of drug-likeness (QED) is 0.693. The SMILES string of the molecule is Cl.O=C(c1ccn(C2CCCNC2)n1)N1Cc2ccccc2C(c2ccccc2)C1. The minimum Gasteiger partial charge on any atom is -0.332 e. The van der Waals surface area contributed by atoms with Crippen molar-refractivity contribution in [3.63, 3.8) is 0 Å². The van der Waals surface area contributed by atoms with E-state index in [-0.39, 0.29) is 24.2 Å². The van der Waals surface area contributed by atoms with Gasteiger partial charge in [0, 0.05) is 31.7 Å². The summed E-state index contributed by atoms with van der Waals surface area (Å²) >= 11 is 0. The molecule has 6 heteroatoms. The van der Waals surface area contributed by atoms with E-state index in [1.807, 2.05) is 27.9 Å². The van der Waals surface area contributed by atoms with Crippen LogP contribution in [0, 0.1) is 0 Å². The van der Waals surface area contributed by atoms with Gasteiger partial charge in [-0.05, 0) is 42.1 Å². The highest BCUT2D eigenvalue weighted by molar-refractivity contribution is 5.92. The molecule has 2 aliphatic rings. The van der Waals surface area contributed by atoms with Crippen molar-refractivity contribution < 1.29 is 4.79 Å². The molecule has 0 saturated carbocycles. The Morgan fingerprint density at radius 3 is 2.63 bits per heavy atom. The van der Waals surface area contributed by atoms with Crippen molar-refractivity contribution in [2.24, 2.45) is 0 Å². The highest BCUT2D eigenvalue weighted by Crippen LogP contribution is 2.34. The van der Waals surface area contributed by atoms with E-state index in [0.29, 0.717) is 24.8 Å². The van der Waals surface area contributed by atoms with E-state index in [1.54, 1.807) is 0 Å². The van der Waals surface area contributed by atoms with Gasteiger partial charge in [0.05, 0.1) is 6.04 Å². The lowest BCUT2D eigenvalue weighted by atomic mass is 9.84. The summed E-state index contributed by atoms with van der Waals surface area (Å²) in [5, 5.41) is 8.06. The number of nitrogens with one attached hydrogen (secondary N) is 1. The van der Waals surface area contributed by atoms with Crippen LogP contribution in [0.1, 0.15) is 52.0 Å². The van der Waals surface area contributed by atoms with Crippen LogP contribution in [-0.4, -0.2) is 40.2 Å². The maximum Gasteiger partial charge on any atom is 0.274 e. The topological polar surface area (TPSA) is 50.2 Å². The monoisotopic (exact) mass is 422 g/mol. The molecule has 156 valence electrons. The second kappa shape index (κ2) is 9.02. The van der Waals surface area contributed by atoms with Gasteiger partial charge in [0.25, 0.3) is 5.91 Å². The molecule has 0 radical (unpaired) electrons. The second-order valence-corrected chi connectivity index (χ2v) is 8.03. The van der Waals surface area contributed by atoms with Gasteiger partial charge >= 0.3 is 0 Å². The van der Waals surface area contributed by atoms with E-state index in [4.69, 9.17) is 0 Å². The molecule has 2 atom stereocenters. The molecule has 3 heterocycles. The number of hydrogen-bond acceptors (Lipinski definition) is 3. The summed E-state index contributed by atoms with van der Waals surface area (Å²) in [5.41, 5.74) is 4.33. The first-order chi connectivity index (χ1) is 14.3. The molecule has 1 aromatic heterocycles. The summed E-state index contributed by atoms with van der Waals surface area (Å²) in [5.74, 6) is 0.206. The molecular formula is C24H27ClN4O. The predicted octanol–water partition coefficient (Wildman–Crippen LogP) is 4.02. The van der Waals surface area contributed by atoms with Gasteiger partial charge in [0.1, 0.15) is 5.69 Å². The first-order valence-corrected chi connectivity index (χ1v) is 10.5. The smallest absolute Gasteiger partial charge is 0.274 e. The number of amides is 1. The van der Waals surface area contributed by atoms with Gasteiger partial charge < -0.3 is 10.2 Å². The Labute approximate surface area is 183 Å². The summed E-state index contributed by atoms with van der Waals surface area (Å²) in [6.07, 6.45) is 4.21. The minimum atomic E-state index is 0. The largest absolute Gasteiger partial charge is 0.332 e. The lowest BCUT2D eigenvalue weighted by Gasteiger charge is -2.34. The van der Waals surface area contributed by atoms with Crippen LogP contribution in [0.2, 0.25) is 0 Å². The third-order valence-corrected chi connectivity index (χ3v) is 6.16. The van der Waals surface area contributed by atoms with Gasteiger partial charge in [-0.3, -0.25) is 9.48 Å². The molecule has 2 aromatic carbocycles. The van der Waals surface area contributed by atoms with E-state index in [2.05, 4.69) is 58.9 Å². The normalized spacial score (nSPS) is 20.9. The third kappa shape index (κ3) is 4.00. The number of rotatable bonds is 3. The van der Waals surface area contributed by atoms with Crippen LogP contribution in [0.4, 0.5) is 0 Å².